The molecular weight excluding hydrogens is 386 g/mol. The third-order valence-corrected chi connectivity index (χ3v) is 4.30. The summed E-state index contributed by atoms with van der Waals surface area (Å²) in [7, 11) is 1.76. The molecule has 0 radical (unpaired) electrons. The fourth-order valence-corrected chi connectivity index (χ4v) is 2.85. The molecule has 0 saturated carbocycles. The minimum atomic E-state index is -0.0954. The molecule has 0 aliphatic rings. The third-order valence-electron chi connectivity index (χ3n) is 3.64. The number of aromatic nitrogens is 2. The first-order valence-electron chi connectivity index (χ1n) is 8.37. The first-order valence-corrected chi connectivity index (χ1v) is 9.16. The van der Waals surface area contributed by atoms with E-state index in [-0.39, 0.29) is 5.91 Å². The Morgan fingerprint density at radius 1 is 1.20 bits per heavy atom. The van der Waals surface area contributed by atoms with Gasteiger partial charge in [-0.05, 0) is 54.9 Å². The summed E-state index contributed by atoms with van der Waals surface area (Å²) in [6.07, 6.45) is 1.91. The molecule has 2 rings (SSSR count). The number of hydrogen-bond donors (Lipinski definition) is 0. The Bertz CT molecular complexity index is 730. The topological polar surface area (TPSA) is 56.6 Å². The maximum atomic E-state index is 12.7. The van der Waals surface area contributed by atoms with E-state index in [9.17, 15) is 4.79 Å². The van der Waals surface area contributed by atoms with Gasteiger partial charge in [0.05, 0.1) is 29.9 Å². The van der Waals surface area contributed by atoms with Gasteiger partial charge in [0.15, 0.2) is 11.5 Å². The number of carbonyl (C=O) groups excluding carboxylic acids is 1. The van der Waals surface area contributed by atoms with Crippen LogP contribution >= 0.6 is 15.9 Å². The zero-order valence-electron chi connectivity index (χ0n) is 15.1. The number of ether oxygens (including phenoxy) is 2. The quantitative estimate of drug-likeness (QED) is 0.666. The summed E-state index contributed by atoms with van der Waals surface area (Å²) in [5.41, 5.74) is 1.38. The van der Waals surface area contributed by atoms with Crippen LogP contribution in [0, 0.1) is 0 Å². The smallest absolute Gasteiger partial charge is 0.254 e. The molecule has 0 spiro atoms. The van der Waals surface area contributed by atoms with Crippen molar-refractivity contribution in [1.29, 1.82) is 0 Å². The van der Waals surface area contributed by atoms with Crippen LogP contribution in [0.15, 0.2) is 28.9 Å². The normalized spacial score (nSPS) is 10.6. The van der Waals surface area contributed by atoms with Crippen LogP contribution in [0.2, 0.25) is 0 Å². The first-order chi connectivity index (χ1) is 12.0. The highest BCUT2D eigenvalue weighted by Crippen LogP contribution is 2.29. The van der Waals surface area contributed by atoms with Gasteiger partial charge in [0.25, 0.3) is 5.91 Å². The summed E-state index contributed by atoms with van der Waals surface area (Å²) in [6, 6.07) is 5.26. The minimum Gasteiger partial charge on any atom is -0.490 e. The first kappa shape index (κ1) is 19.3. The minimum absolute atomic E-state index is 0.0954. The van der Waals surface area contributed by atoms with E-state index in [1.807, 2.05) is 31.6 Å². The SMILES string of the molecule is CCOc1ccc(C(=O)N(C)Cc2nn(CC)cc2Br)cc1OCC. The summed E-state index contributed by atoms with van der Waals surface area (Å²) in [5, 5.41) is 4.46. The highest BCUT2D eigenvalue weighted by Gasteiger charge is 2.17. The molecule has 0 aliphatic carbocycles. The molecular formula is C18H24BrN3O3. The van der Waals surface area contributed by atoms with Crippen molar-refractivity contribution in [3.05, 3.63) is 40.1 Å². The fourth-order valence-electron chi connectivity index (χ4n) is 2.41. The molecule has 0 bridgehead atoms. The molecule has 7 heteroatoms. The molecule has 0 aliphatic heterocycles. The van der Waals surface area contributed by atoms with Crippen LogP contribution in [0.1, 0.15) is 36.8 Å². The fraction of sp³-hybridized carbons (Fsp3) is 0.444. The van der Waals surface area contributed by atoms with Gasteiger partial charge >= 0.3 is 0 Å². The van der Waals surface area contributed by atoms with E-state index >= 15 is 0 Å². The zero-order valence-corrected chi connectivity index (χ0v) is 16.7. The standard InChI is InChI=1S/C18H24BrN3O3/c1-5-22-11-14(19)15(20-22)12-21(4)18(23)13-8-9-16(24-6-2)17(10-13)25-7-3/h8-11H,5-7,12H2,1-4H3. The Morgan fingerprint density at radius 3 is 2.48 bits per heavy atom. The largest absolute Gasteiger partial charge is 0.490 e. The van der Waals surface area contributed by atoms with Crippen molar-refractivity contribution < 1.29 is 14.3 Å². The number of aryl methyl sites for hydroxylation is 1. The van der Waals surface area contributed by atoms with E-state index in [2.05, 4.69) is 21.0 Å². The van der Waals surface area contributed by atoms with Gasteiger partial charge in [-0.15, -0.1) is 0 Å². The molecule has 0 fully saturated rings. The lowest BCUT2D eigenvalue weighted by Gasteiger charge is -2.18. The van der Waals surface area contributed by atoms with Crippen LogP contribution in [0.4, 0.5) is 0 Å². The van der Waals surface area contributed by atoms with E-state index < -0.39 is 0 Å². The van der Waals surface area contributed by atoms with Gasteiger partial charge in [-0.3, -0.25) is 9.48 Å². The lowest BCUT2D eigenvalue weighted by atomic mass is 10.1. The van der Waals surface area contributed by atoms with Gasteiger partial charge < -0.3 is 14.4 Å². The van der Waals surface area contributed by atoms with Gasteiger partial charge in [-0.1, -0.05) is 0 Å². The van der Waals surface area contributed by atoms with Crippen molar-refractivity contribution in [3.8, 4) is 11.5 Å². The Morgan fingerprint density at radius 2 is 1.88 bits per heavy atom. The third kappa shape index (κ3) is 4.75. The van der Waals surface area contributed by atoms with E-state index in [0.717, 1.165) is 16.7 Å². The maximum absolute atomic E-state index is 12.7. The molecule has 6 nitrogen and oxygen atoms in total. The molecule has 2 aromatic rings. The molecule has 1 aromatic carbocycles. The van der Waals surface area contributed by atoms with Crippen molar-refractivity contribution in [3.63, 3.8) is 0 Å². The number of benzene rings is 1. The van der Waals surface area contributed by atoms with Crippen molar-refractivity contribution >= 4 is 21.8 Å². The lowest BCUT2D eigenvalue weighted by molar-refractivity contribution is 0.0782. The van der Waals surface area contributed by atoms with E-state index in [4.69, 9.17) is 9.47 Å². The summed E-state index contributed by atoms with van der Waals surface area (Å²) in [4.78, 5) is 14.4. The molecule has 1 heterocycles. The van der Waals surface area contributed by atoms with Crippen molar-refractivity contribution in [2.24, 2.45) is 0 Å². The number of amides is 1. The lowest BCUT2D eigenvalue weighted by Crippen LogP contribution is -2.26. The van der Waals surface area contributed by atoms with E-state index in [0.29, 0.717) is 36.8 Å². The molecule has 25 heavy (non-hydrogen) atoms. The number of hydrogen-bond acceptors (Lipinski definition) is 4. The predicted molar refractivity (Wildman–Crippen MR) is 100 cm³/mol. The Kier molecular flexibility index (Phi) is 6.87. The summed E-state index contributed by atoms with van der Waals surface area (Å²) < 4.78 is 13.9. The van der Waals surface area contributed by atoms with Gasteiger partial charge in [0.1, 0.15) is 0 Å². The number of nitrogens with zero attached hydrogens (tertiary/aromatic N) is 3. The van der Waals surface area contributed by atoms with Gasteiger partial charge in [-0.25, -0.2) is 0 Å². The maximum Gasteiger partial charge on any atom is 0.254 e. The number of rotatable bonds is 8. The van der Waals surface area contributed by atoms with Crippen LogP contribution in [0.3, 0.4) is 0 Å². The second-order valence-electron chi connectivity index (χ2n) is 5.47. The van der Waals surface area contributed by atoms with Gasteiger partial charge in [0.2, 0.25) is 0 Å². The molecule has 1 amide bonds. The van der Waals surface area contributed by atoms with Crippen molar-refractivity contribution in [2.45, 2.75) is 33.9 Å². The zero-order chi connectivity index (χ0) is 18.4. The average molecular weight is 410 g/mol. The highest BCUT2D eigenvalue weighted by molar-refractivity contribution is 9.10. The molecule has 0 atom stereocenters. The van der Waals surface area contributed by atoms with E-state index in [1.165, 1.54) is 0 Å². The summed E-state index contributed by atoms with van der Waals surface area (Å²) >= 11 is 3.49. The molecule has 0 saturated heterocycles. The summed E-state index contributed by atoms with van der Waals surface area (Å²) in [6.45, 7) is 8.09. The van der Waals surface area contributed by atoms with E-state index in [1.54, 1.807) is 30.1 Å². The average Bonchev–Trinajstić information content (AvgIpc) is 2.96. The van der Waals surface area contributed by atoms with Crippen LogP contribution in [-0.4, -0.2) is 40.8 Å². The highest BCUT2D eigenvalue weighted by atomic mass is 79.9. The Balaban J connectivity index is 2.17. The second-order valence-corrected chi connectivity index (χ2v) is 6.32. The molecule has 0 N–H and O–H groups in total. The number of halogens is 1. The second kappa shape index (κ2) is 8.89. The van der Waals surface area contributed by atoms with Gasteiger partial charge in [-0.2, -0.15) is 5.10 Å². The van der Waals surface area contributed by atoms with Crippen LogP contribution in [-0.2, 0) is 13.1 Å². The van der Waals surface area contributed by atoms with Crippen LogP contribution in [0.25, 0.3) is 0 Å². The monoisotopic (exact) mass is 409 g/mol. The van der Waals surface area contributed by atoms with Crippen LogP contribution < -0.4 is 9.47 Å². The Hall–Kier alpha value is -2.02. The van der Waals surface area contributed by atoms with Crippen molar-refractivity contribution in [1.82, 2.24) is 14.7 Å². The summed E-state index contributed by atoms with van der Waals surface area (Å²) in [5.74, 6) is 1.13. The van der Waals surface area contributed by atoms with Crippen molar-refractivity contribution in [2.75, 3.05) is 20.3 Å². The predicted octanol–water partition coefficient (Wildman–Crippen LogP) is 3.74. The molecule has 136 valence electrons. The number of carbonyl (C=O) groups is 1. The van der Waals surface area contributed by atoms with Crippen LogP contribution in [0.5, 0.6) is 11.5 Å². The molecule has 0 unspecified atom stereocenters. The molecule has 1 aromatic heterocycles. The Labute approximate surface area is 156 Å². The van der Waals surface area contributed by atoms with Gasteiger partial charge in [0, 0.05) is 25.4 Å².